The van der Waals surface area contributed by atoms with Crippen molar-refractivity contribution < 1.29 is 14.6 Å². The summed E-state index contributed by atoms with van der Waals surface area (Å²) in [6, 6.07) is 5.39. The maximum atomic E-state index is 12.9. The van der Waals surface area contributed by atoms with Gasteiger partial charge in [0.05, 0.1) is 32.0 Å². The molecule has 1 amide bonds. The largest absolute Gasteiger partial charge is 0.495 e. The number of carbonyl (C=O) groups excluding carboxylic acids is 1. The van der Waals surface area contributed by atoms with E-state index < -0.39 is 11.8 Å². The third-order valence-corrected chi connectivity index (χ3v) is 5.77. The fraction of sp³-hybridized carbons (Fsp3) is 0.458. The van der Waals surface area contributed by atoms with Gasteiger partial charge in [0.1, 0.15) is 17.5 Å². The summed E-state index contributed by atoms with van der Waals surface area (Å²) in [5.41, 5.74) is 0.820. The predicted octanol–water partition coefficient (Wildman–Crippen LogP) is 2.61. The first-order chi connectivity index (χ1) is 17.0. The molecule has 2 rings (SSSR count). The zero-order chi connectivity index (χ0) is 25.6. The Balaban J connectivity index is 2.24. The summed E-state index contributed by atoms with van der Waals surface area (Å²) in [5.74, 6) is -0.302. The Hall–Kier alpha value is -3.08. The van der Waals surface area contributed by atoms with E-state index in [-0.39, 0.29) is 25.0 Å². The molecule has 190 valence electrons. The molecule has 0 spiro atoms. The third kappa shape index (κ3) is 8.57. The van der Waals surface area contributed by atoms with Crippen molar-refractivity contribution in [3.05, 3.63) is 40.8 Å². The maximum absolute atomic E-state index is 12.9. The van der Waals surface area contributed by atoms with Crippen LogP contribution in [0.1, 0.15) is 31.7 Å². The number of nitrogens with zero attached hydrogens (tertiary/aromatic N) is 4. The molecule has 11 heteroatoms. The van der Waals surface area contributed by atoms with Crippen LogP contribution in [0.3, 0.4) is 0 Å². The Bertz CT molecular complexity index is 964. The van der Waals surface area contributed by atoms with E-state index >= 15 is 0 Å². The molecule has 1 saturated heterocycles. The number of hydrogen-bond acceptors (Lipinski definition) is 8. The van der Waals surface area contributed by atoms with Crippen LogP contribution in [0.4, 0.5) is 0 Å². The van der Waals surface area contributed by atoms with Gasteiger partial charge in [-0.05, 0) is 43.7 Å². The minimum absolute atomic E-state index is 0.0528. The maximum Gasteiger partial charge on any atom is 0.240 e. The van der Waals surface area contributed by atoms with Crippen LogP contribution in [0, 0.1) is 11.3 Å². The predicted molar refractivity (Wildman–Crippen MR) is 141 cm³/mol. The second-order valence-electron chi connectivity index (χ2n) is 7.83. The van der Waals surface area contributed by atoms with Crippen LogP contribution < -0.4 is 15.4 Å². The average molecular weight is 504 g/mol. The Morgan fingerprint density at radius 1 is 1.49 bits per heavy atom. The van der Waals surface area contributed by atoms with Crippen molar-refractivity contribution in [1.29, 1.82) is 5.41 Å². The lowest BCUT2D eigenvalue weighted by molar-refractivity contribution is -0.120. The quantitative estimate of drug-likeness (QED) is 0.242. The summed E-state index contributed by atoms with van der Waals surface area (Å²) >= 11 is 6.23. The van der Waals surface area contributed by atoms with E-state index in [1.165, 1.54) is 6.20 Å². The van der Waals surface area contributed by atoms with Gasteiger partial charge < -0.3 is 25.9 Å². The summed E-state index contributed by atoms with van der Waals surface area (Å²) in [7, 11) is 1.54. The van der Waals surface area contributed by atoms with E-state index in [9.17, 15) is 9.90 Å². The molecule has 1 aromatic carbocycles. The number of halogens is 1. The summed E-state index contributed by atoms with van der Waals surface area (Å²) in [5, 5.41) is 23.8. The number of benzene rings is 1. The van der Waals surface area contributed by atoms with E-state index in [0.29, 0.717) is 29.7 Å². The number of methoxy groups -OCH3 is 1. The first-order valence-electron chi connectivity index (χ1n) is 11.4. The van der Waals surface area contributed by atoms with E-state index in [1.54, 1.807) is 25.5 Å². The van der Waals surface area contributed by atoms with Crippen LogP contribution in [0.25, 0.3) is 0 Å². The highest BCUT2D eigenvalue weighted by Gasteiger charge is 2.26. The van der Waals surface area contributed by atoms with E-state index in [1.807, 2.05) is 13.0 Å². The molecular formula is C24H34ClN7O3. The first kappa shape index (κ1) is 28.2. The molecule has 0 aromatic heterocycles. The molecular weight excluding hydrogens is 470 g/mol. The van der Waals surface area contributed by atoms with Crippen molar-refractivity contribution in [2.24, 2.45) is 20.9 Å². The molecule has 1 fully saturated rings. The van der Waals surface area contributed by atoms with Crippen LogP contribution in [0.5, 0.6) is 5.75 Å². The molecule has 10 nitrogen and oxygen atoms in total. The summed E-state index contributed by atoms with van der Waals surface area (Å²) < 4.78 is 5.19. The normalized spacial score (nSPS) is 17.9. The van der Waals surface area contributed by atoms with Crippen molar-refractivity contribution >= 4 is 42.5 Å². The first-order valence-corrected chi connectivity index (χ1v) is 11.8. The fourth-order valence-corrected chi connectivity index (χ4v) is 3.83. The van der Waals surface area contributed by atoms with E-state index in [4.69, 9.17) is 21.7 Å². The van der Waals surface area contributed by atoms with Gasteiger partial charge in [0, 0.05) is 31.2 Å². The van der Waals surface area contributed by atoms with Gasteiger partial charge in [-0.1, -0.05) is 24.6 Å². The van der Waals surface area contributed by atoms with Crippen molar-refractivity contribution in [2.75, 3.05) is 26.9 Å². The molecule has 1 heterocycles. The number of likely N-dealkylation sites (tertiary alicyclic amines) is 1. The molecule has 2 atom stereocenters. The highest BCUT2D eigenvalue weighted by atomic mass is 35.5. The smallest absolute Gasteiger partial charge is 0.240 e. The number of ether oxygens (including phenoxy) is 1. The summed E-state index contributed by atoms with van der Waals surface area (Å²) in [6.07, 6.45) is 6.64. The van der Waals surface area contributed by atoms with Gasteiger partial charge in [-0.15, -0.1) is 0 Å². The summed E-state index contributed by atoms with van der Waals surface area (Å²) in [4.78, 5) is 27.5. The van der Waals surface area contributed by atoms with Crippen LogP contribution >= 0.6 is 11.6 Å². The lowest BCUT2D eigenvalue weighted by Crippen LogP contribution is -2.47. The zero-order valence-corrected chi connectivity index (χ0v) is 21.0. The Morgan fingerprint density at radius 3 is 2.91 bits per heavy atom. The molecule has 1 aliphatic rings. The number of hydrogen-bond donors (Lipinski definition) is 4. The van der Waals surface area contributed by atoms with Crippen LogP contribution in [-0.4, -0.2) is 73.9 Å². The van der Waals surface area contributed by atoms with Gasteiger partial charge in [0.2, 0.25) is 5.91 Å². The second-order valence-corrected chi connectivity index (χ2v) is 8.24. The molecule has 2 unspecified atom stereocenters. The van der Waals surface area contributed by atoms with Crippen LogP contribution in [-0.2, 0) is 11.3 Å². The SMILES string of the molecule is C=N/C(=C\NC(=O)C(C=N)C(=NCc1ccc(OC)c(Cl)c1)NCN1CCCC1CO)N=CCC. The van der Waals surface area contributed by atoms with Crippen molar-refractivity contribution in [1.82, 2.24) is 15.5 Å². The average Bonchev–Trinajstić information content (AvgIpc) is 3.33. The number of amidine groups is 1. The Morgan fingerprint density at radius 2 is 2.29 bits per heavy atom. The molecule has 35 heavy (non-hydrogen) atoms. The van der Waals surface area contributed by atoms with Gasteiger partial charge in [-0.25, -0.2) is 9.98 Å². The van der Waals surface area contributed by atoms with Gasteiger partial charge in [-0.2, -0.15) is 0 Å². The topological polar surface area (TPSA) is 135 Å². The zero-order valence-electron chi connectivity index (χ0n) is 20.2. The molecule has 0 bridgehead atoms. The van der Waals surface area contributed by atoms with Crippen molar-refractivity contribution in [2.45, 2.75) is 38.8 Å². The van der Waals surface area contributed by atoms with Crippen LogP contribution in [0.2, 0.25) is 5.02 Å². The minimum Gasteiger partial charge on any atom is -0.495 e. The number of amides is 1. The number of carbonyl (C=O) groups is 1. The molecule has 1 aromatic rings. The van der Waals surface area contributed by atoms with E-state index in [2.05, 4.69) is 37.2 Å². The lowest BCUT2D eigenvalue weighted by Gasteiger charge is -2.25. The standard InChI is InChI=1S/C24H34ClN7O3/c1-4-9-28-22(27-2)14-30-24(34)19(12-26)23(31-16-32-10-5-6-18(32)15-33)29-13-17-7-8-21(35-3)20(25)11-17/h7-9,11-12,14,18-19,26,33H,2,4-6,10,13,15-16H2,1,3H3,(H,29,31)(H,30,34)/b22-14+,26-12?,28-9?. The van der Waals surface area contributed by atoms with Crippen LogP contribution in [0.15, 0.2) is 45.2 Å². The Labute approximate surface area is 211 Å². The van der Waals surface area contributed by atoms with Gasteiger partial charge >= 0.3 is 0 Å². The van der Waals surface area contributed by atoms with Gasteiger partial charge in [0.15, 0.2) is 5.82 Å². The number of rotatable bonds is 13. The summed E-state index contributed by atoms with van der Waals surface area (Å²) in [6.45, 7) is 6.90. The second kappa shape index (κ2) is 15.0. The third-order valence-electron chi connectivity index (χ3n) is 5.48. The van der Waals surface area contributed by atoms with E-state index in [0.717, 1.165) is 31.2 Å². The molecule has 0 radical (unpaired) electrons. The van der Waals surface area contributed by atoms with Crippen molar-refractivity contribution in [3.63, 3.8) is 0 Å². The monoisotopic (exact) mass is 503 g/mol. The molecule has 0 aliphatic carbocycles. The number of nitrogens with one attached hydrogen (secondary N) is 3. The highest BCUT2D eigenvalue weighted by Crippen LogP contribution is 2.25. The highest BCUT2D eigenvalue weighted by molar-refractivity contribution is 6.32. The number of aliphatic hydroxyl groups is 1. The molecule has 0 saturated carbocycles. The lowest BCUT2D eigenvalue weighted by atomic mass is 10.1. The molecule has 1 aliphatic heterocycles. The fourth-order valence-electron chi connectivity index (χ4n) is 3.55. The number of aliphatic imine (C=N–C) groups is 3. The minimum atomic E-state index is -0.976. The van der Waals surface area contributed by atoms with Crippen molar-refractivity contribution in [3.8, 4) is 5.75 Å². The van der Waals surface area contributed by atoms with Gasteiger partial charge in [-0.3, -0.25) is 14.7 Å². The number of aliphatic hydroxyl groups excluding tert-OH is 1. The Kier molecular flexibility index (Phi) is 12.1. The van der Waals surface area contributed by atoms with Gasteiger partial charge in [0.25, 0.3) is 0 Å². The molecule has 4 N–H and O–H groups in total.